The van der Waals surface area contributed by atoms with Gasteiger partial charge in [0.25, 0.3) is 0 Å². The molecule has 0 N–H and O–H groups in total. The normalized spacial score (nSPS) is 16.6. The van der Waals surface area contributed by atoms with Crippen molar-refractivity contribution in [3.05, 3.63) is 66.0 Å². The summed E-state index contributed by atoms with van der Waals surface area (Å²) in [6.45, 7) is 2.18. The number of morpholine rings is 1. The summed E-state index contributed by atoms with van der Waals surface area (Å²) in [4.78, 5) is 4.51. The quantitative estimate of drug-likeness (QED) is 0.508. The summed E-state index contributed by atoms with van der Waals surface area (Å²) in [6.07, 6.45) is 4.51. The van der Waals surface area contributed by atoms with Gasteiger partial charge >= 0.3 is 0 Å². The monoisotopic (exact) mass is 409 g/mol. The van der Waals surface area contributed by atoms with E-state index in [-0.39, 0.29) is 5.75 Å². The van der Waals surface area contributed by atoms with E-state index in [0.29, 0.717) is 32.8 Å². The van der Waals surface area contributed by atoms with Gasteiger partial charge in [0.2, 0.25) is 10.0 Å². The summed E-state index contributed by atoms with van der Waals surface area (Å²) in [5.74, 6) is 0.869. The van der Waals surface area contributed by atoms with Gasteiger partial charge in [-0.25, -0.2) is 13.4 Å². The summed E-state index contributed by atoms with van der Waals surface area (Å²) < 4.78 is 34.0. The van der Waals surface area contributed by atoms with E-state index in [4.69, 9.17) is 4.74 Å². The third-order valence-corrected chi connectivity index (χ3v) is 7.57. The Morgan fingerprint density at radius 2 is 1.79 bits per heavy atom. The Morgan fingerprint density at radius 1 is 1.00 bits per heavy atom. The molecule has 0 saturated carbocycles. The molecule has 1 aromatic heterocycles. The molecule has 0 spiro atoms. The van der Waals surface area contributed by atoms with E-state index in [1.807, 2.05) is 10.8 Å². The van der Waals surface area contributed by atoms with Crippen molar-refractivity contribution >= 4 is 10.0 Å². The molecule has 0 amide bonds. The highest BCUT2D eigenvalue weighted by Crippen LogP contribution is 2.38. The maximum atomic E-state index is 12.6. The molecule has 0 atom stereocenters. The van der Waals surface area contributed by atoms with Gasteiger partial charge in [0.15, 0.2) is 0 Å². The molecule has 7 heteroatoms. The van der Waals surface area contributed by atoms with Crippen molar-refractivity contribution in [1.29, 1.82) is 0 Å². The molecule has 2 aromatic carbocycles. The minimum absolute atomic E-state index is 0.0622. The standard InChI is InChI=1S/C22H23N3O3S/c26-29(27,25-9-12-28-13-10-25)14-11-24-8-7-23-22(24)18-5-6-21-19(16-18)15-17-3-1-2-4-20(17)21/h1-8,16H,9-15H2. The van der Waals surface area contributed by atoms with E-state index in [9.17, 15) is 8.42 Å². The summed E-state index contributed by atoms with van der Waals surface area (Å²) in [5, 5.41) is 0. The Balaban J connectivity index is 1.37. The second kappa shape index (κ2) is 7.40. The summed E-state index contributed by atoms with van der Waals surface area (Å²) in [6, 6.07) is 14.9. The Labute approximate surface area is 170 Å². The molecule has 1 fully saturated rings. The SMILES string of the molecule is O=S(=O)(CCn1ccnc1-c1ccc2c(c1)Cc1ccccc1-2)N1CCOCC1. The Bertz CT molecular complexity index is 1150. The van der Waals surface area contributed by atoms with E-state index in [1.54, 1.807) is 6.20 Å². The molecule has 29 heavy (non-hydrogen) atoms. The number of hydrogen-bond donors (Lipinski definition) is 0. The predicted molar refractivity (Wildman–Crippen MR) is 112 cm³/mol. The molecule has 0 unspecified atom stereocenters. The van der Waals surface area contributed by atoms with Gasteiger partial charge in [-0.15, -0.1) is 0 Å². The zero-order chi connectivity index (χ0) is 19.8. The van der Waals surface area contributed by atoms with Crippen LogP contribution in [0, 0.1) is 0 Å². The number of aromatic nitrogens is 2. The second-order valence-corrected chi connectivity index (χ2v) is 9.57. The number of ether oxygens (including phenoxy) is 1. The lowest BCUT2D eigenvalue weighted by Crippen LogP contribution is -2.42. The third-order valence-electron chi connectivity index (χ3n) is 5.72. The first-order valence-electron chi connectivity index (χ1n) is 9.90. The first-order valence-corrected chi connectivity index (χ1v) is 11.5. The van der Waals surface area contributed by atoms with Gasteiger partial charge in [-0.2, -0.15) is 4.31 Å². The number of nitrogens with zero attached hydrogens (tertiary/aromatic N) is 3. The van der Waals surface area contributed by atoms with Crippen LogP contribution in [-0.4, -0.2) is 54.3 Å². The minimum Gasteiger partial charge on any atom is -0.379 e. The number of rotatable bonds is 5. The van der Waals surface area contributed by atoms with E-state index in [1.165, 1.54) is 26.6 Å². The average molecular weight is 410 g/mol. The highest BCUT2D eigenvalue weighted by atomic mass is 32.2. The fourth-order valence-electron chi connectivity index (χ4n) is 4.20. The van der Waals surface area contributed by atoms with E-state index in [2.05, 4.69) is 47.4 Å². The van der Waals surface area contributed by atoms with Crippen molar-refractivity contribution in [2.24, 2.45) is 0 Å². The molecule has 150 valence electrons. The van der Waals surface area contributed by atoms with Crippen molar-refractivity contribution < 1.29 is 13.2 Å². The lowest BCUT2D eigenvalue weighted by molar-refractivity contribution is 0.0730. The Morgan fingerprint density at radius 3 is 2.66 bits per heavy atom. The Kier molecular flexibility index (Phi) is 4.73. The molecule has 2 aliphatic rings. The average Bonchev–Trinajstić information content (AvgIpc) is 3.37. The minimum atomic E-state index is -3.30. The number of benzene rings is 2. The predicted octanol–water partition coefficient (Wildman–Crippen LogP) is 2.78. The molecule has 0 bridgehead atoms. The molecule has 3 aromatic rings. The maximum Gasteiger partial charge on any atom is 0.216 e. The zero-order valence-corrected chi connectivity index (χ0v) is 16.9. The maximum absolute atomic E-state index is 12.6. The fourth-order valence-corrected chi connectivity index (χ4v) is 5.59. The summed E-state index contributed by atoms with van der Waals surface area (Å²) >= 11 is 0. The van der Waals surface area contributed by atoms with Crippen LogP contribution in [-0.2, 0) is 27.7 Å². The van der Waals surface area contributed by atoms with Crippen molar-refractivity contribution in [1.82, 2.24) is 13.9 Å². The van der Waals surface area contributed by atoms with E-state index >= 15 is 0 Å². The molecule has 5 rings (SSSR count). The third kappa shape index (κ3) is 3.50. The molecule has 1 aliphatic carbocycles. The summed E-state index contributed by atoms with van der Waals surface area (Å²) in [7, 11) is -3.30. The van der Waals surface area contributed by atoms with Crippen molar-refractivity contribution in [3.8, 4) is 22.5 Å². The van der Waals surface area contributed by atoms with Gasteiger partial charge in [-0.05, 0) is 34.7 Å². The van der Waals surface area contributed by atoms with Gasteiger partial charge < -0.3 is 9.30 Å². The Hall–Kier alpha value is -2.48. The summed E-state index contributed by atoms with van der Waals surface area (Å²) in [5.41, 5.74) is 6.23. The van der Waals surface area contributed by atoms with Crippen LogP contribution < -0.4 is 0 Å². The number of fused-ring (bicyclic) bond motifs is 3. The van der Waals surface area contributed by atoms with Crippen LogP contribution in [0.15, 0.2) is 54.9 Å². The van der Waals surface area contributed by atoms with Crippen molar-refractivity contribution in [3.63, 3.8) is 0 Å². The van der Waals surface area contributed by atoms with Crippen molar-refractivity contribution in [2.45, 2.75) is 13.0 Å². The van der Waals surface area contributed by atoms with Crippen LogP contribution in [0.1, 0.15) is 11.1 Å². The van der Waals surface area contributed by atoms with Gasteiger partial charge in [0, 0.05) is 37.6 Å². The molecular formula is C22H23N3O3S. The van der Waals surface area contributed by atoms with Gasteiger partial charge in [-0.1, -0.05) is 36.4 Å². The van der Waals surface area contributed by atoms with Gasteiger partial charge in [0.1, 0.15) is 5.82 Å². The van der Waals surface area contributed by atoms with E-state index < -0.39 is 10.0 Å². The highest BCUT2D eigenvalue weighted by molar-refractivity contribution is 7.89. The zero-order valence-electron chi connectivity index (χ0n) is 16.1. The molecule has 2 heterocycles. The van der Waals surface area contributed by atoms with Crippen LogP contribution in [0.5, 0.6) is 0 Å². The molecular weight excluding hydrogens is 386 g/mol. The smallest absolute Gasteiger partial charge is 0.216 e. The van der Waals surface area contributed by atoms with Crippen LogP contribution in [0.25, 0.3) is 22.5 Å². The van der Waals surface area contributed by atoms with Crippen LogP contribution in [0.3, 0.4) is 0 Å². The van der Waals surface area contributed by atoms with Gasteiger partial charge in [-0.3, -0.25) is 0 Å². The second-order valence-electron chi connectivity index (χ2n) is 7.48. The number of imidazole rings is 1. The van der Waals surface area contributed by atoms with Crippen LogP contribution >= 0.6 is 0 Å². The molecule has 1 aliphatic heterocycles. The number of sulfonamides is 1. The first kappa shape index (κ1) is 18.5. The highest BCUT2D eigenvalue weighted by Gasteiger charge is 2.25. The van der Waals surface area contributed by atoms with Crippen molar-refractivity contribution in [2.75, 3.05) is 32.1 Å². The van der Waals surface area contributed by atoms with Gasteiger partial charge in [0.05, 0.1) is 19.0 Å². The lowest BCUT2D eigenvalue weighted by atomic mass is 10.0. The first-order chi connectivity index (χ1) is 14.1. The van der Waals surface area contributed by atoms with E-state index in [0.717, 1.165) is 17.8 Å². The number of hydrogen-bond acceptors (Lipinski definition) is 4. The largest absolute Gasteiger partial charge is 0.379 e. The molecule has 6 nitrogen and oxygen atoms in total. The lowest BCUT2D eigenvalue weighted by Gasteiger charge is -2.26. The van der Waals surface area contributed by atoms with Crippen LogP contribution in [0.2, 0.25) is 0 Å². The number of aryl methyl sites for hydroxylation is 1. The fraction of sp³-hybridized carbons (Fsp3) is 0.318. The molecule has 1 saturated heterocycles. The van der Waals surface area contributed by atoms with Crippen LogP contribution in [0.4, 0.5) is 0 Å². The molecule has 0 radical (unpaired) electrons. The topological polar surface area (TPSA) is 64.4 Å².